The zero-order valence-electron chi connectivity index (χ0n) is 4.89. The summed E-state index contributed by atoms with van der Waals surface area (Å²) in [5.74, 6) is -0.0293. The zero-order chi connectivity index (χ0) is 6.69. The molecule has 0 saturated carbocycles. The van der Waals surface area contributed by atoms with Crippen molar-refractivity contribution in [2.75, 3.05) is 19.8 Å². The number of carbonyl (C=O) groups excluding carboxylic acids is 2. The van der Waals surface area contributed by atoms with Gasteiger partial charge in [-0.25, -0.2) is 0 Å². The highest BCUT2D eigenvalue weighted by Crippen LogP contribution is 1.90. The molecule has 4 nitrogen and oxygen atoms in total. The van der Waals surface area contributed by atoms with Crippen LogP contribution in [0.25, 0.3) is 0 Å². The van der Waals surface area contributed by atoms with Crippen molar-refractivity contribution in [1.29, 1.82) is 0 Å². The van der Waals surface area contributed by atoms with Crippen molar-refractivity contribution >= 4 is 12.2 Å². The highest BCUT2D eigenvalue weighted by atomic mass is 16.2. The maximum atomic E-state index is 10.6. The smallest absolute Gasteiger partial charge is 0.238 e. The van der Waals surface area contributed by atoms with Crippen molar-refractivity contribution in [3.8, 4) is 0 Å². The summed E-state index contributed by atoms with van der Waals surface area (Å²) in [6.45, 7) is 0.918. The summed E-state index contributed by atoms with van der Waals surface area (Å²) >= 11 is 0. The van der Waals surface area contributed by atoms with Crippen LogP contribution >= 0.6 is 0 Å². The normalized spacial score (nSPS) is 18.7. The number of rotatable bonds is 2. The minimum absolute atomic E-state index is 0.0293. The quantitative estimate of drug-likeness (QED) is 0.490. The van der Waals surface area contributed by atoms with Crippen molar-refractivity contribution in [1.82, 2.24) is 10.2 Å². The van der Waals surface area contributed by atoms with E-state index in [1.54, 1.807) is 6.29 Å². The molecule has 1 N–H and O–H groups in total. The number of nitrogens with zero attached hydrogens (tertiary/aromatic N) is 1. The van der Waals surface area contributed by atoms with Crippen LogP contribution in [0, 0.1) is 0 Å². The SMILES string of the molecule is O=[C]CN1CNCC1=O. The van der Waals surface area contributed by atoms with E-state index in [-0.39, 0.29) is 12.5 Å². The predicted octanol–water partition coefficient (Wildman–Crippen LogP) is -1.51. The molecule has 0 aromatic carbocycles. The summed E-state index contributed by atoms with van der Waals surface area (Å²) in [5.41, 5.74) is 0. The zero-order valence-corrected chi connectivity index (χ0v) is 4.89. The molecule has 0 bridgehead atoms. The van der Waals surface area contributed by atoms with E-state index in [1.165, 1.54) is 4.90 Å². The number of carbonyl (C=O) groups is 1. The van der Waals surface area contributed by atoms with Crippen LogP contribution in [-0.4, -0.2) is 36.9 Å². The topological polar surface area (TPSA) is 49.4 Å². The fraction of sp³-hybridized carbons (Fsp3) is 0.600. The Bertz CT molecular complexity index is 135. The Morgan fingerprint density at radius 2 is 2.56 bits per heavy atom. The molecular weight excluding hydrogens is 120 g/mol. The highest BCUT2D eigenvalue weighted by Gasteiger charge is 2.18. The van der Waals surface area contributed by atoms with Crippen molar-refractivity contribution in [2.45, 2.75) is 0 Å². The third-order valence-electron chi connectivity index (χ3n) is 1.19. The first-order valence-corrected chi connectivity index (χ1v) is 2.68. The molecule has 49 valence electrons. The lowest BCUT2D eigenvalue weighted by molar-refractivity contribution is -0.126. The molecule has 0 aromatic rings. The Morgan fingerprint density at radius 3 is 3.00 bits per heavy atom. The molecule has 0 aliphatic carbocycles. The molecule has 1 saturated heterocycles. The monoisotopic (exact) mass is 127 g/mol. The largest absolute Gasteiger partial charge is 0.321 e. The summed E-state index contributed by atoms with van der Waals surface area (Å²) < 4.78 is 0. The van der Waals surface area contributed by atoms with E-state index in [0.717, 1.165) is 0 Å². The Labute approximate surface area is 52.8 Å². The Balaban J connectivity index is 2.39. The fourth-order valence-electron chi connectivity index (χ4n) is 0.720. The van der Waals surface area contributed by atoms with Crippen LogP contribution in [0.2, 0.25) is 0 Å². The van der Waals surface area contributed by atoms with E-state index in [4.69, 9.17) is 0 Å². The number of hydrogen-bond acceptors (Lipinski definition) is 3. The molecular formula is C5H7N2O2. The van der Waals surface area contributed by atoms with E-state index >= 15 is 0 Å². The van der Waals surface area contributed by atoms with Crippen LogP contribution in [0.1, 0.15) is 0 Å². The van der Waals surface area contributed by atoms with Gasteiger partial charge in [-0.1, -0.05) is 0 Å². The molecule has 9 heavy (non-hydrogen) atoms. The maximum Gasteiger partial charge on any atom is 0.238 e. The summed E-state index contributed by atoms with van der Waals surface area (Å²) in [6.07, 6.45) is 1.66. The molecule has 1 rings (SSSR count). The van der Waals surface area contributed by atoms with Gasteiger partial charge in [0.1, 0.15) is 0 Å². The molecule has 0 spiro atoms. The molecule has 1 fully saturated rings. The second-order valence-corrected chi connectivity index (χ2v) is 1.82. The fourth-order valence-corrected chi connectivity index (χ4v) is 0.720. The van der Waals surface area contributed by atoms with Gasteiger partial charge in [0.2, 0.25) is 12.2 Å². The van der Waals surface area contributed by atoms with Gasteiger partial charge in [0.25, 0.3) is 0 Å². The molecule has 0 atom stereocenters. The van der Waals surface area contributed by atoms with Gasteiger partial charge in [-0.15, -0.1) is 0 Å². The summed E-state index contributed by atoms with van der Waals surface area (Å²) in [6, 6.07) is 0. The molecule has 1 aliphatic heterocycles. The lowest BCUT2D eigenvalue weighted by atomic mass is 10.5. The van der Waals surface area contributed by atoms with Gasteiger partial charge in [-0.05, 0) is 0 Å². The second kappa shape index (κ2) is 2.59. The van der Waals surface area contributed by atoms with Crippen LogP contribution in [0.3, 0.4) is 0 Å². The van der Waals surface area contributed by atoms with Crippen molar-refractivity contribution < 1.29 is 9.59 Å². The predicted molar refractivity (Wildman–Crippen MR) is 30.3 cm³/mol. The number of amides is 1. The van der Waals surface area contributed by atoms with Crippen LogP contribution in [0.15, 0.2) is 0 Å². The van der Waals surface area contributed by atoms with Crippen molar-refractivity contribution in [3.63, 3.8) is 0 Å². The first kappa shape index (κ1) is 6.22. The van der Waals surface area contributed by atoms with E-state index in [0.29, 0.717) is 13.2 Å². The van der Waals surface area contributed by atoms with Gasteiger partial charge in [-0.3, -0.25) is 14.9 Å². The van der Waals surface area contributed by atoms with Crippen molar-refractivity contribution in [3.05, 3.63) is 0 Å². The van der Waals surface area contributed by atoms with Crippen LogP contribution in [-0.2, 0) is 9.59 Å². The van der Waals surface area contributed by atoms with Gasteiger partial charge >= 0.3 is 0 Å². The van der Waals surface area contributed by atoms with Gasteiger partial charge < -0.3 is 4.90 Å². The molecule has 1 heterocycles. The summed E-state index contributed by atoms with van der Waals surface area (Å²) in [4.78, 5) is 21.8. The minimum atomic E-state index is -0.0293. The molecule has 1 aliphatic rings. The first-order chi connectivity index (χ1) is 4.34. The molecule has 0 aromatic heterocycles. The van der Waals surface area contributed by atoms with Crippen LogP contribution in [0.4, 0.5) is 0 Å². The van der Waals surface area contributed by atoms with Gasteiger partial charge in [0.15, 0.2) is 0 Å². The third kappa shape index (κ3) is 1.26. The van der Waals surface area contributed by atoms with Gasteiger partial charge in [-0.2, -0.15) is 0 Å². The third-order valence-corrected chi connectivity index (χ3v) is 1.19. The van der Waals surface area contributed by atoms with E-state index < -0.39 is 0 Å². The first-order valence-electron chi connectivity index (χ1n) is 2.68. The summed E-state index contributed by atoms with van der Waals surface area (Å²) in [7, 11) is 0. The lowest BCUT2D eigenvalue weighted by Crippen LogP contribution is -2.27. The van der Waals surface area contributed by atoms with E-state index in [9.17, 15) is 9.59 Å². The van der Waals surface area contributed by atoms with Crippen molar-refractivity contribution in [2.24, 2.45) is 0 Å². The Kier molecular flexibility index (Phi) is 1.79. The number of nitrogens with one attached hydrogen (secondary N) is 1. The average molecular weight is 127 g/mol. The number of hydrogen-bond donors (Lipinski definition) is 1. The summed E-state index contributed by atoms with van der Waals surface area (Å²) in [5, 5.41) is 2.80. The second-order valence-electron chi connectivity index (χ2n) is 1.82. The highest BCUT2D eigenvalue weighted by molar-refractivity contribution is 5.82. The minimum Gasteiger partial charge on any atom is -0.321 e. The lowest BCUT2D eigenvalue weighted by Gasteiger charge is -2.07. The molecule has 4 heteroatoms. The van der Waals surface area contributed by atoms with E-state index in [2.05, 4.69) is 5.32 Å². The Hall–Kier alpha value is -0.900. The van der Waals surface area contributed by atoms with Crippen LogP contribution < -0.4 is 5.32 Å². The molecule has 1 radical (unpaired) electrons. The van der Waals surface area contributed by atoms with Gasteiger partial charge in [0.05, 0.1) is 19.8 Å². The van der Waals surface area contributed by atoms with E-state index in [1.807, 2.05) is 0 Å². The van der Waals surface area contributed by atoms with Crippen LogP contribution in [0.5, 0.6) is 0 Å². The Morgan fingerprint density at radius 1 is 1.78 bits per heavy atom. The maximum absolute atomic E-state index is 10.6. The standard InChI is InChI=1S/C5H7N2O2/c8-2-1-7-4-6-3-5(7)9/h6H,1,3-4H2. The van der Waals surface area contributed by atoms with Gasteiger partial charge in [0, 0.05) is 0 Å². The average Bonchev–Trinajstić information content (AvgIpc) is 2.18. The molecule has 1 amide bonds. The molecule has 0 unspecified atom stereocenters.